The second-order valence-corrected chi connectivity index (χ2v) is 3.73. The summed E-state index contributed by atoms with van der Waals surface area (Å²) in [6.45, 7) is 7.96. The van der Waals surface area contributed by atoms with Gasteiger partial charge in [-0.1, -0.05) is 32.1 Å². The highest BCUT2D eigenvalue weighted by Gasteiger charge is 2.07. The molecule has 0 heterocycles. The molecule has 0 aromatic rings. The second-order valence-electron chi connectivity index (χ2n) is 3.73. The van der Waals surface area contributed by atoms with Crippen LogP contribution in [0.25, 0.3) is 0 Å². The monoisotopic (exact) mass is 184 g/mol. The molecule has 2 atom stereocenters. The number of allylic oxidation sites excluding steroid dienone is 4. The third kappa shape index (κ3) is 6.56. The molecule has 0 amide bonds. The van der Waals surface area contributed by atoms with Gasteiger partial charge in [-0.2, -0.15) is 0 Å². The van der Waals surface area contributed by atoms with Crippen LogP contribution < -0.4 is 0 Å². The van der Waals surface area contributed by atoms with E-state index in [-0.39, 0.29) is 5.83 Å². The van der Waals surface area contributed by atoms with Gasteiger partial charge >= 0.3 is 0 Å². The van der Waals surface area contributed by atoms with E-state index in [9.17, 15) is 4.39 Å². The summed E-state index contributed by atoms with van der Waals surface area (Å²) in [5.41, 5.74) is 0. The van der Waals surface area contributed by atoms with E-state index >= 15 is 0 Å². The van der Waals surface area contributed by atoms with Crippen LogP contribution in [0.15, 0.2) is 24.1 Å². The standard InChI is InChI=1S/C12H21F/c1-5-7-10(2)11(3)8-6-9-12(4)13/h5,7,9-11H,6,8H2,1-4H3/b7-5+,12-9+/t10?,11-/m1/s1. The fourth-order valence-electron chi connectivity index (χ4n) is 1.30. The van der Waals surface area contributed by atoms with Gasteiger partial charge in [-0.05, 0) is 38.5 Å². The summed E-state index contributed by atoms with van der Waals surface area (Å²) in [5, 5.41) is 0. The Hall–Kier alpha value is -0.590. The van der Waals surface area contributed by atoms with Gasteiger partial charge in [0, 0.05) is 0 Å². The molecular weight excluding hydrogens is 163 g/mol. The molecular formula is C12H21F. The summed E-state index contributed by atoms with van der Waals surface area (Å²) in [4.78, 5) is 0. The predicted molar refractivity (Wildman–Crippen MR) is 57.2 cm³/mol. The van der Waals surface area contributed by atoms with Gasteiger partial charge in [0.15, 0.2) is 0 Å². The van der Waals surface area contributed by atoms with Crippen molar-refractivity contribution in [2.24, 2.45) is 11.8 Å². The van der Waals surface area contributed by atoms with Crippen molar-refractivity contribution in [1.29, 1.82) is 0 Å². The van der Waals surface area contributed by atoms with Gasteiger partial charge in [0.2, 0.25) is 0 Å². The normalized spacial score (nSPS) is 17.8. The van der Waals surface area contributed by atoms with Crippen molar-refractivity contribution >= 4 is 0 Å². The molecule has 0 nitrogen and oxygen atoms in total. The summed E-state index contributed by atoms with van der Waals surface area (Å²) in [5.74, 6) is 1.16. The first-order chi connectivity index (χ1) is 6.07. The molecule has 13 heavy (non-hydrogen) atoms. The van der Waals surface area contributed by atoms with E-state index in [2.05, 4.69) is 26.0 Å². The summed E-state index contributed by atoms with van der Waals surface area (Å²) in [6, 6.07) is 0. The van der Waals surface area contributed by atoms with Crippen LogP contribution in [-0.4, -0.2) is 0 Å². The van der Waals surface area contributed by atoms with Crippen LogP contribution in [-0.2, 0) is 0 Å². The Morgan fingerprint density at radius 2 is 2.00 bits per heavy atom. The summed E-state index contributed by atoms with van der Waals surface area (Å²) < 4.78 is 12.3. The Labute approximate surface area is 81.5 Å². The second kappa shape index (κ2) is 6.88. The van der Waals surface area contributed by atoms with E-state index in [1.54, 1.807) is 6.08 Å². The molecule has 0 aliphatic carbocycles. The quantitative estimate of drug-likeness (QED) is 0.552. The molecule has 0 aromatic carbocycles. The van der Waals surface area contributed by atoms with Crippen LogP contribution in [0.4, 0.5) is 4.39 Å². The SMILES string of the molecule is C/C=C/C(C)[C@H](C)CC/C=C(\C)F. The Balaban J connectivity index is 3.73. The van der Waals surface area contributed by atoms with E-state index in [0.717, 1.165) is 12.8 Å². The Bertz CT molecular complexity index is 176. The Morgan fingerprint density at radius 1 is 1.38 bits per heavy atom. The lowest BCUT2D eigenvalue weighted by atomic mass is 9.91. The molecule has 1 unspecified atom stereocenters. The molecule has 0 fully saturated rings. The average Bonchev–Trinajstić information content (AvgIpc) is 2.04. The fraction of sp³-hybridized carbons (Fsp3) is 0.667. The predicted octanol–water partition coefficient (Wildman–Crippen LogP) is 4.49. The minimum Gasteiger partial charge on any atom is -0.212 e. The van der Waals surface area contributed by atoms with Crippen LogP contribution in [0.1, 0.15) is 40.5 Å². The van der Waals surface area contributed by atoms with Gasteiger partial charge in [-0.15, -0.1) is 0 Å². The van der Waals surface area contributed by atoms with Crippen molar-refractivity contribution in [2.45, 2.75) is 40.5 Å². The number of hydrogen-bond acceptors (Lipinski definition) is 0. The topological polar surface area (TPSA) is 0 Å². The first-order valence-electron chi connectivity index (χ1n) is 5.03. The van der Waals surface area contributed by atoms with Crippen molar-refractivity contribution in [2.75, 3.05) is 0 Å². The lowest BCUT2D eigenvalue weighted by Crippen LogP contribution is -2.04. The first kappa shape index (κ1) is 12.4. The zero-order chi connectivity index (χ0) is 10.3. The fourth-order valence-corrected chi connectivity index (χ4v) is 1.30. The molecule has 0 N–H and O–H groups in total. The molecule has 0 aliphatic rings. The maximum absolute atomic E-state index is 12.3. The van der Waals surface area contributed by atoms with Gasteiger partial charge in [0.1, 0.15) is 0 Å². The minimum absolute atomic E-state index is 0.0640. The summed E-state index contributed by atoms with van der Waals surface area (Å²) in [7, 11) is 0. The molecule has 0 rings (SSSR count). The van der Waals surface area contributed by atoms with Crippen molar-refractivity contribution in [3.63, 3.8) is 0 Å². The van der Waals surface area contributed by atoms with Gasteiger partial charge in [-0.3, -0.25) is 0 Å². The molecule has 0 bridgehead atoms. The molecule has 0 aromatic heterocycles. The van der Waals surface area contributed by atoms with E-state index in [4.69, 9.17) is 0 Å². The minimum atomic E-state index is -0.0640. The van der Waals surface area contributed by atoms with Gasteiger partial charge in [0.05, 0.1) is 5.83 Å². The molecule has 0 saturated carbocycles. The Kier molecular flexibility index (Phi) is 6.56. The summed E-state index contributed by atoms with van der Waals surface area (Å²) >= 11 is 0. The van der Waals surface area contributed by atoms with Crippen molar-refractivity contribution in [3.8, 4) is 0 Å². The molecule has 0 aliphatic heterocycles. The molecule has 0 radical (unpaired) electrons. The van der Waals surface area contributed by atoms with Crippen LogP contribution in [0, 0.1) is 11.8 Å². The van der Waals surface area contributed by atoms with E-state index in [0.29, 0.717) is 11.8 Å². The maximum atomic E-state index is 12.3. The largest absolute Gasteiger partial charge is 0.212 e. The van der Waals surface area contributed by atoms with Crippen molar-refractivity contribution in [1.82, 2.24) is 0 Å². The van der Waals surface area contributed by atoms with Crippen LogP contribution in [0.2, 0.25) is 0 Å². The lowest BCUT2D eigenvalue weighted by Gasteiger charge is -2.14. The first-order valence-corrected chi connectivity index (χ1v) is 5.03. The highest BCUT2D eigenvalue weighted by Crippen LogP contribution is 2.18. The molecule has 0 spiro atoms. The molecule has 1 heteroatoms. The Morgan fingerprint density at radius 3 is 2.46 bits per heavy atom. The number of rotatable bonds is 5. The number of hydrogen-bond donors (Lipinski definition) is 0. The lowest BCUT2D eigenvalue weighted by molar-refractivity contribution is 0.429. The van der Waals surface area contributed by atoms with Crippen molar-refractivity contribution in [3.05, 3.63) is 24.1 Å². The van der Waals surface area contributed by atoms with E-state index in [1.165, 1.54) is 6.92 Å². The van der Waals surface area contributed by atoms with E-state index in [1.807, 2.05) is 6.92 Å². The third-order valence-electron chi connectivity index (χ3n) is 2.44. The van der Waals surface area contributed by atoms with Gasteiger partial charge in [0.25, 0.3) is 0 Å². The molecule has 76 valence electrons. The highest BCUT2D eigenvalue weighted by atomic mass is 19.1. The van der Waals surface area contributed by atoms with Crippen molar-refractivity contribution < 1.29 is 4.39 Å². The highest BCUT2D eigenvalue weighted by molar-refractivity contribution is 4.89. The van der Waals surface area contributed by atoms with Crippen LogP contribution >= 0.6 is 0 Å². The third-order valence-corrected chi connectivity index (χ3v) is 2.44. The maximum Gasteiger partial charge on any atom is 0.0928 e. The van der Waals surface area contributed by atoms with Gasteiger partial charge < -0.3 is 0 Å². The van der Waals surface area contributed by atoms with Gasteiger partial charge in [-0.25, -0.2) is 4.39 Å². The van der Waals surface area contributed by atoms with Crippen LogP contribution in [0.3, 0.4) is 0 Å². The number of halogens is 1. The average molecular weight is 184 g/mol. The zero-order valence-corrected chi connectivity index (χ0v) is 9.18. The zero-order valence-electron chi connectivity index (χ0n) is 9.18. The smallest absolute Gasteiger partial charge is 0.0928 e. The van der Waals surface area contributed by atoms with E-state index < -0.39 is 0 Å². The molecule has 0 saturated heterocycles. The summed E-state index contributed by atoms with van der Waals surface area (Å²) in [6.07, 6.45) is 7.87. The van der Waals surface area contributed by atoms with Crippen LogP contribution in [0.5, 0.6) is 0 Å².